The first kappa shape index (κ1) is 18.1. The molecule has 148 valence electrons. The molecule has 1 fully saturated rings. The highest BCUT2D eigenvalue weighted by Gasteiger charge is 2.24. The Hall–Kier alpha value is -2.90. The van der Waals surface area contributed by atoms with E-state index >= 15 is 0 Å². The van der Waals surface area contributed by atoms with E-state index in [9.17, 15) is 9.18 Å². The van der Waals surface area contributed by atoms with Crippen LogP contribution in [0.1, 0.15) is 16.2 Å². The van der Waals surface area contributed by atoms with Crippen LogP contribution in [0.25, 0.3) is 16.6 Å². The number of hydrogen-bond acceptors (Lipinski definition) is 3. The molecule has 8 heteroatoms. The average Bonchev–Trinajstić information content (AvgIpc) is 3.30. The number of pyridine rings is 1. The highest BCUT2D eigenvalue weighted by molar-refractivity contribution is 6.30. The van der Waals surface area contributed by atoms with Gasteiger partial charge in [0, 0.05) is 56.0 Å². The van der Waals surface area contributed by atoms with Crippen molar-refractivity contribution in [3.05, 3.63) is 71.0 Å². The highest BCUT2D eigenvalue weighted by Crippen LogP contribution is 2.19. The Bertz CT molecular complexity index is 1210. The number of hydrogen-bond donors (Lipinski definition) is 1. The van der Waals surface area contributed by atoms with E-state index in [4.69, 9.17) is 11.6 Å². The lowest BCUT2D eigenvalue weighted by Crippen LogP contribution is -2.48. The van der Waals surface area contributed by atoms with Crippen LogP contribution >= 0.6 is 11.6 Å². The van der Waals surface area contributed by atoms with Crippen molar-refractivity contribution in [2.75, 3.05) is 26.2 Å². The minimum absolute atomic E-state index is 0.0522. The number of carbonyl (C=O) groups excluding carboxylic acids is 1. The number of benzene rings is 1. The predicted octanol–water partition coefficient (Wildman–Crippen LogP) is 3.57. The molecule has 1 aliphatic heterocycles. The van der Waals surface area contributed by atoms with Gasteiger partial charge in [0.1, 0.15) is 17.2 Å². The van der Waals surface area contributed by atoms with Crippen LogP contribution in [0.2, 0.25) is 5.02 Å². The van der Waals surface area contributed by atoms with Gasteiger partial charge in [-0.1, -0.05) is 11.6 Å². The zero-order valence-corrected chi connectivity index (χ0v) is 16.4. The van der Waals surface area contributed by atoms with Crippen molar-refractivity contribution >= 4 is 34.1 Å². The van der Waals surface area contributed by atoms with Crippen LogP contribution in [0, 0.1) is 5.82 Å². The highest BCUT2D eigenvalue weighted by atomic mass is 35.5. The van der Waals surface area contributed by atoms with E-state index in [-0.39, 0.29) is 11.7 Å². The van der Waals surface area contributed by atoms with Crippen LogP contribution in [0.4, 0.5) is 4.39 Å². The summed E-state index contributed by atoms with van der Waals surface area (Å²) in [6.45, 7) is 3.56. The van der Waals surface area contributed by atoms with Crippen molar-refractivity contribution in [1.82, 2.24) is 24.2 Å². The maximum Gasteiger partial charge on any atom is 0.270 e. The predicted molar refractivity (Wildman–Crippen MR) is 110 cm³/mol. The molecule has 1 aromatic carbocycles. The van der Waals surface area contributed by atoms with Gasteiger partial charge < -0.3 is 14.3 Å². The number of aromatic nitrogens is 3. The fourth-order valence-corrected chi connectivity index (χ4v) is 3.99. The van der Waals surface area contributed by atoms with Gasteiger partial charge in [-0.05, 0) is 36.4 Å². The van der Waals surface area contributed by atoms with E-state index in [1.807, 2.05) is 33.8 Å². The number of piperazine rings is 1. The maximum absolute atomic E-state index is 13.4. The molecule has 1 aliphatic rings. The van der Waals surface area contributed by atoms with Crippen LogP contribution in [-0.4, -0.2) is 56.3 Å². The Morgan fingerprint density at radius 3 is 2.76 bits per heavy atom. The molecule has 0 saturated carbocycles. The average molecular weight is 412 g/mol. The fraction of sp³-hybridized carbons (Fsp3) is 0.238. The standard InChI is InChI=1S/C21H19ClFN5O/c22-15-1-4-20-24-17(13-28(20)11-15)12-26-5-7-27(8-6-26)21(29)19-10-14-9-16(23)2-3-18(14)25-19/h1-4,9-11,13,25H,5-8,12H2. The van der Waals surface area contributed by atoms with E-state index in [1.54, 1.807) is 12.1 Å². The molecule has 6 nitrogen and oxygen atoms in total. The van der Waals surface area contributed by atoms with Crippen LogP contribution in [0.15, 0.2) is 48.8 Å². The van der Waals surface area contributed by atoms with E-state index in [0.717, 1.165) is 36.5 Å². The first-order chi connectivity index (χ1) is 14.0. The summed E-state index contributed by atoms with van der Waals surface area (Å²) in [5, 5.41) is 1.38. The fourth-order valence-electron chi connectivity index (χ4n) is 3.82. The molecule has 4 heterocycles. The number of carbonyl (C=O) groups is 1. The van der Waals surface area contributed by atoms with Crippen LogP contribution < -0.4 is 0 Å². The molecule has 1 saturated heterocycles. The van der Waals surface area contributed by atoms with Crippen LogP contribution in [0.3, 0.4) is 0 Å². The Morgan fingerprint density at radius 1 is 1.10 bits per heavy atom. The number of halogens is 2. The zero-order valence-electron chi connectivity index (χ0n) is 15.6. The molecule has 0 bridgehead atoms. The van der Waals surface area contributed by atoms with E-state index < -0.39 is 0 Å². The van der Waals surface area contributed by atoms with Crippen molar-refractivity contribution in [2.24, 2.45) is 0 Å². The number of amides is 1. The lowest BCUT2D eigenvalue weighted by Gasteiger charge is -2.34. The number of nitrogens with one attached hydrogen (secondary N) is 1. The molecule has 0 atom stereocenters. The summed E-state index contributed by atoms with van der Waals surface area (Å²) in [4.78, 5) is 24.7. The molecule has 0 spiro atoms. The molecule has 0 radical (unpaired) electrons. The summed E-state index contributed by atoms with van der Waals surface area (Å²) in [6.07, 6.45) is 3.83. The first-order valence-corrected chi connectivity index (χ1v) is 9.86. The molecule has 0 aliphatic carbocycles. The Balaban J connectivity index is 1.23. The molecule has 29 heavy (non-hydrogen) atoms. The summed E-state index contributed by atoms with van der Waals surface area (Å²) in [7, 11) is 0. The van der Waals surface area contributed by atoms with Gasteiger partial charge in [0.25, 0.3) is 5.91 Å². The Labute approximate surface area is 171 Å². The van der Waals surface area contributed by atoms with Gasteiger partial charge in [0.15, 0.2) is 0 Å². The molecule has 1 amide bonds. The number of H-pyrrole nitrogens is 1. The third-order valence-corrected chi connectivity index (χ3v) is 5.55. The minimum Gasteiger partial charge on any atom is -0.351 e. The normalized spacial score (nSPS) is 15.4. The quantitative estimate of drug-likeness (QED) is 0.560. The minimum atomic E-state index is -0.307. The van der Waals surface area contributed by atoms with Crippen LogP contribution in [0.5, 0.6) is 0 Å². The summed E-state index contributed by atoms with van der Waals surface area (Å²) in [6, 6.07) is 9.92. The van der Waals surface area contributed by atoms with Crippen molar-refractivity contribution in [1.29, 1.82) is 0 Å². The molecular weight excluding hydrogens is 393 g/mol. The van der Waals surface area contributed by atoms with E-state index in [2.05, 4.69) is 14.9 Å². The topological polar surface area (TPSA) is 56.6 Å². The Morgan fingerprint density at radius 2 is 1.93 bits per heavy atom. The van der Waals surface area contributed by atoms with Gasteiger partial charge >= 0.3 is 0 Å². The van der Waals surface area contributed by atoms with Gasteiger partial charge in [-0.15, -0.1) is 0 Å². The molecular formula is C21H19ClFN5O. The van der Waals surface area contributed by atoms with E-state index in [0.29, 0.717) is 29.2 Å². The van der Waals surface area contributed by atoms with Gasteiger partial charge in [-0.25, -0.2) is 9.37 Å². The molecule has 3 aromatic heterocycles. The van der Waals surface area contributed by atoms with Crippen molar-refractivity contribution in [2.45, 2.75) is 6.54 Å². The lowest BCUT2D eigenvalue weighted by atomic mass is 10.2. The first-order valence-electron chi connectivity index (χ1n) is 9.48. The van der Waals surface area contributed by atoms with Gasteiger partial charge in [0.2, 0.25) is 0 Å². The van der Waals surface area contributed by atoms with Gasteiger partial charge in [-0.3, -0.25) is 9.69 Å². The zero-order chi connectivity index (χ0) is 20.0. The second-order valence-corrected chi connectivity index (χ2v) is 7.76. The van der Waals surface area contributed by atoms with Gasteiger partial charge in [0.05, 0.1) is 10.7 Å². The molecule has 0 unspecified atom stereocenters. The van der Waals surface area contributed by atoms with E-state index in [1.165, 1.54) is 12.1 Å². The SMILES string of the molecule is O=C(c1cc2cc(F)ccc2[nH]1)N1CCN(Cc2cn3cc(Cl)ccc3n2)CC1. The van der Waals surface area contributed by atoms with Crippen molar-refractivity contribution in [3.8, 4) is 0 Å². The van der Waals surface area contributed by atoms with Gasteiger partial charge in [-0.2, -0.15) is 0 Å². The van der Waals surface area contributed by atoms with Crippen LogP contribution in [-0.2, 0) is 6.54 Å². The summed E-state index contributed by atoms with van der Waals surface area (Å²) >= 11 is 6.03. The third kappa shape index (κ3) is 3.59. The molecule has 1 N–H and O–H groups in total. The number of rotatable bonds is 3. The largest absolute Gasteiger partial charge is 0.351 e. The summed E-state index contributed by atoms with van der Waals surface area (Å²) in [5.74, 6) is -0.359. The number of imidazole rings is 1. The smallest absolute Gasteiger partial charge is 0.270 e. The van der Waals surface area contributed by atoms with Crippen molar-refractivity contribution < 1.29 is 9.18 Å². The molecule has 4 aromatic rings. The third-order valence-electron chi connectivity index (χ3n) is 5.32. The van der Waals surface area contributed by atoms with Crippen molar-refractivity contribution in [3.63, 3.8) is 0 Å². The lowest BCUT2D eigenvalue weighted by molar-refractivity contribution is 0.0622. The maximum atomic E-state index is 13.4. The second-order valence-electron chi connectivity index (χ2n) is 7.33. The molecule has 5 rings (SSSR count). The second kappa shape index (κ2) is 7.17. The number of nitrogens with zero attached hydrogens (tertiary/aromatic N) is 4. The summed E-state index contributed by atoms with van der Waals surface area (Å²) < 4.78 is 15.3. The monoisotopic (exact) mass is 411 g/mol. The number of fused-ring (bicyclic) bond motifs is 2. The Kier molecular flexibility index (Phi) is 4.49. The summed E-state index contributed by atoms with van der Waals surface area (Å²) in [5.41, 5.74) is 3.11. The number of aromatic amines is 1.